The van der Waals surface area contributed by atoms with Crippen LogP contribution in [-0.4, -0.2) is 30.1 Å². The topological polar surface area (TPSA) is 53.9 Å². The molecular weight excluding hydrogens is 286 g/mol. The molecule has 2 aliphatic rings. The standard InChI is InChI=1S/C15H21N3O2S/c1-15(12-9-6-10-21-12)13(19)18(14(16-15)20-2)17-11-7-4-3-5-8-11/h6,9-11,17H,3-5,7-8H2,1-2H3. The molecule has 1 atom stereocenters. The number of amides is 1. The van der Waals surface area contributed by atoms with E-state index in [0.717, 1.165) is 17.7 Å². The third-order valence-corrected chi connectivity index (χ3v) is 5.31. The first kappa shape index (κ1) is 14.5. The SMILES string of the molecule is COC1=NC(C)(c2cccs2)C(=O)N1NC1CCCCC1. The number of methoxy groups -OCH3 is 1. The average molecular weight is 307 g/mol. The van der Waals surface area contributed by atoms with E-state index >= 15 is 0 Å². The summed E-state index contributed by atoms with van der Waals surface area (Å²) in [6.07, 6.45) is 5.89. The second-order valence-corrected chi connectivity index (χ2v) is 6.70. The van der Waals surface area contributed by atoms with Crippen LogP contribution in [0.1, 0.15) is 43.9 Å². The minimum Gasteiger partial charge on any atom is -0.467 e. The van der Waals surface area contributed by atoms with Crippen molar-refractivity contribution in [1.29, 1.82) is 0 Å². The predicted octanol–water partition coefficient (Wildman–Crippen LogP) is 2.65. The van der Waals surface area contributed by atoms with Crippen LogP contribution in [0.2, 0.25) is 0 Å². The van der Waals surface area contributed by atoms with Gasteiger partial charge >= 0.3 is 6.02 Å². The first-order valence-corrected chi connectivity index (χ1v) is 8.31. The number of nitrogens with zero attached hydrogens (tertiary/aromatic N) is 2. The molecular formula is C15H21N3O2S. The van der Waals surface area contributed by atoms with E-state index in [9.17, 15) is 4.79 Å². The van der Waals surface area contributed by atoms with Crippen LogP contribution in [0.3, 0.4) is 0 Å². The summed E-state index contributed by atoms with van der Waals surface area (Å²) in [5, 5.41) is 3.47. The summed E-state index contributed by atoms with van der Waals surface area (Å²) >= 11 is 1.55. The van der Waals surface area contributed by atoms with Crippen molar-refractivity contribution in [2.75, 3.05) is 7.11 Å². The number of carbonyl (C=O) groups excluding carboxylic acids is 1. The van der Waals surface area contributed by atoms with Gasteiger partial charge in [-0.2, -0.15) is 5.01 Å². The summed E-state index contributed by atoms with van der Waals surface area (Å²) in [4.78, 5) is 18.3. The highest BCUT2D eigenvalue weighted by Crippen LogP contribution is 2.35. The molecule has 1 unspecified atom stereocenters. The van der Waals surface area contributed by atoms with Gasteiger partial charge in [-0.1, -0.05) is 25.3 Å². The number of ether oxygens (including phenoxy) is 1. The Kier molecular flexibility index (Phi) is 3.99. The molecule has 1 N–H and O–H groups in total. The van der Waals surface area contributed by atoms with Crippen molar-refractivity contribution < 1.29 is 9.53 Å². The summed E-state index contributed by atoms with van der Waals surface area (Å²) in [7, 11) is 1.56. The Morgan fingerprint density at radius 1 is 1.43 bits per heavy atom. The minimum atomic E-state index is -0.874. The number of aliphatic imine (C=N–C) groups is 1. The van der Waals surface area contributed by atoms with Crippen molar-refractivity contribution in [1.82, 2.24) is 10.4 Å². The molecule has 1 amide bonds. The van der Waals surface area contributed by atoms with Crippen LogP contribution in [0.5, 0.6) is 0 Å². The molecule has 1 aliphatic carbocycles. The Hall–Kier alpha value is -1.40. The van der Waals surface area contributed by atoms with E-state index in [1.165, 1.54) is 24.3 Å². The number of hydrogen-bond donors (Lipinski definition) is 1. The van der Waals surface area contributed by atoms with Crippen molar-refractivity contribution in [2.24, 2.45) is 4.99 Å². The van der Waals surface area contributed by atoms with Crippen LogP contribution >= 0.6 is 11.3 Å². The fourth-order valence-corrected chi connectivity index (χ4v) is 3.80. The summed E-state index contributed by atoms with van der Waals surface area (Å²) in [6.45, 7) is 1.85. The Balaban J connectivity index is 1.82. The second-order valence-electron chi connectivity index (χ2n) is 5.75. The lowest BCUT2D eigenvalue weighted by molar-refractivity contribution is -0.134. The third kappa shape index (κ3) is 2.58. The Bertz CT molecular complexity index is 537. The second kappa shape index (κ2) is 5.77. The van der Waals surface area contributed by atoms with E-state index in [1.807, 2.05) is 24.4 Å². The van der Waals surface area contributed by atoms with Crippen LogP contribution < -0.4 is 5.43 Å². The zero-order chi connectivity index (χ0) is 14.9. The van der Waals surface area contributed by atoms with Gasteiger partial charge in [-0.3, -0.25) is 4.79 Å². The molecule has 1 aromatic heterocycles. The molecule has 5 nitrogen and oxygen atoms in total. The van der Waals surface area contributed by atoms with Crippen LogP contribution in [0, 0.1) is 0 Å². The lowest BCUT2D eigenvalue weighted by Gasteiger charge is -2.29. The number of carbonyl (C=O) groups is 1. The molecule has 0 radical (unpaired) electrons. The number of rotatable bonds is 3. The Morgan fingerprint density at radius 2 is 2.19 bits per heavy atom. The van der Waals surface area contributed by atoms with E-state index in [-0.39, 0.29) is 5.91 Å². The summed E-state index contributed by atoms with van der Waals surface area (Å²) in [6, 6.07) is 4.58. The molecule has 114 valence electrons. The Morgan fingerprint density at radius 3 is 2.81 bits per heavy atom. The van der Waals surface area contributed by atoms with Gasteiger partial charge in [0.2, 0.25) is 0 Å². The van der Waals surface area contributed by atoms with Gasteiger partial charge < -0.3 is 4.74 Å². The lowest BCUT2D eigenvalue weighted by Crippen LogP contribution is -2.52. The van der Waals surface area contributed by atoms with Gasteiger partial charge in [0.05, 0.1) is 7.11 Å². The van der Waals surface area contributed by atoms with Gasteiger partial charge in [0.1, 0.15) is 0 Å². The van der Waals surface area contributed by atoms with Gasteiger partial charge in [-0.05, 0) is 31.2 Å². The molecule has 0 aromatic carbocycles. The summed E-state index contributed by atoms with van der Waals surface area (Å²) in [5.74, 6) is -0.0626. The van der Waals surface area contributed by atoms with Crippen molar-refractivity contribution in [3.63, 3.8) is 0 Å². The number of amidine groups is 1. The molecule has 3 rings (SSSR count). The number of hydrazine groups is 1. The normalized spacial score (nSPS) is 27.0. The summed E-state index contributed by atoms with van der Waals surface area (Å²) < 4.78 is 5.33. The predicted molar refractivity (Wildman–Crippen MR) is 83.0 cm³/mol. The number of thiophene rings is 1. The molecule has 6 heteroatoms. The molecule has 1 aliphatic heterocycles. The van der Waals surface area contributed by atoms with Gasteiger partial charge in [0.15, 0.2) is 5.54 Å². The number of nitrogens with one attached hydrogen (secondary N) is 1. The van der Waals surface area contributed by atoms with Gasteiger partial charge in [0.25, 0.3) is 5.91 Å². The molecule has 0 bridgehead atoms. The first-order chi connectivity index (χ1) is 10.1. The van der Waals surface area contributed by atoms with Crippen molar-refractivity contribution in [2.45, 2.75) is 50.6 Å². The molecule has 1 aromatic rings. The van der Waals surface area contributed by atoms with Gasteiger partial charge in [0, 0.05) is 10.9 Å². The maximum atomic E-state index is 12.8. The fourth-order valence-electron chi connectivity index (χ4n) is 2.97. The monoisotopic (exact) mass is 307 g/mol. The van der Waals surface area contributed by atoms with E-state index < -0.39 is 5.54 Å². The highest BCUT2D eigenvalue weighted by molar-refractivity contribution is 7.10. The van der Waals surface area contributed by atoms with Crippen LogP contribution in [0.15, 0.2) is 22.5 Å². The third-order valence-electron chi connectivity index (χ3n) is 4.23. The summed E-state index contributed by atoms with van der Waals surface area (Å²) in [5.41, 5.74) is 2.44. The van der Waals surface area contributed by atoms with Crippen LogP contribution in [0.4, 0.5) is 0 Å². The van der Waals surface area contributed by atoms with Crippen molar-refractivity contribution in [3.8, 4) is 0 Å². The van der Waals surface area contributed by atoms with Crippen molar-refractivity contribution in [3.05, 3.63) is 22.4 Å². The van der Waals surface area contributed by atoms with E-state index in [2.05, 4.69) is 10.4 Å². The molecule has 2 heterocycles. The maximum Gasteiger partial charge on any atom is 0.310 e. The minimum absolute atomic E-state index is 0.0626. The molecule has 1 saturated carbocycles. The number of hydrogen-bond acceptors (Lipinski definition) is 5. The smallest absolute Gasteiger partial charge is 0.310 e. The highest BCUT2D eigenvalue weighted by atomic mass is 32.1. The molecule has 0 spiro atoms. The fraction of sp³-hybridized carbons (Fsp3) is 0.600. The van der Waals surface area contributed by atoms with E-state index in [0.29, 0.717) is 12.1 Å². The van der Waals surface area contributed by atoms with E-state index in [1.54, 1.807) is 18.4 Å². The zero-order valence-electron chi connectivity index (χ0n) is 12.5. The van der Waals surface area contributed by atoms with Crippen LogP contribution in [-0.2, 0) is 15.1 Å². The van der Waals surface area contributed by atoms with Crippen LogP contribution in [0.25, 0.3) is 0 Å². The largest absolute Gasteiger partial charge is 0.467 e. The quantitative estimate of drug-likeness (QED) is 0.934. The highest BCUT2D eigenvalue weighted by Gasteiger charge is 2.48. The lowest BCUT2D eigenvalue weighted by atomic mass is 9.96. The van der Waals surface area contributed by atoms with Gasteiger partial charge in [-0.15, -0.1) is 11.3 Å². The molecule has 1 fully saturated rings. The van der Waals surface area contributed by atoms with Gasteiger partial charge in [-0.25, -0.2) is 10.4 Å². The maximum absolute atomic E-state index is 12.8. The molecule has 21 heavy (non-hydrogen) atoms. The first-order valence-electron chi connectivity index (χ1n) is 7.43. The van der Waals surface area contributed by atoms with Crippen molar-refractivity contribution >= 4 is 23.3 Å². The molecule has 0 saturated heterocycles. The average Bonchev–Trinajstić information content (AvgIpc) is 3.12. The Labute approximate surface area is 129 Å². The van der Waals surface area contributed by atoms with E-state index in [4.69, 9.17) is 4.74 Å². The zero-order valence-corrected chi connectivity index (χ0v) is 13.3.